The Morgan fingerprint density at radius 2 is 1.88 bits per heavy atom. The summed E-state index contributed by atoms with van der Waals surface area (Å²) in [6.45, 7) is 2.17. The van der Waals surface area contributed by atoms with Crippen LogP contribution in [0.4, 0.5) is 5.69 Å². The molecule has 0 bridgehead atoms. The summed E-state index contributed by atoms with van der Waals surface area (Å²) in [6.07, 6.45) is 8.47. The SMILES string of the molecule is Cc1ccc(-n2ccnc2)c(C(=O)NCCC(=O)Nc2ccncc2)c1. The van der Waals surface area contributed by atoms with Crippen molar-refractivity contribution in [1.29, 1.82) is 0 Å². The lowest BCUT2D eigenvalue weighted by Gasteiger charge is -2.12. The van der Waals surface area contributed by atoms with Crippen molar-refractivity contribution in [2.45, 2.75) is 13.3 Å². The average Bonchev–Trinajstić information content (AvgIpc) is 3.17. The molecule has 0 saturated carbocycles. The fraction of sp³-hybridized carbons (Fsp3) is 0.158. The Labute approximate surface area is 151 Å². The molecule has 0 saturated heterocycles. The third kappa shape index (κ3) is 4.32. The van der Waals surface area contributed by atoms with Crippen LogP contribution < -0.4 is 10.6 Å². The zero-order valence-corrected chi connectivity index (χ0v) is 14.3. The minimum absolute atomic E-state index is 0.171. The second-order valence-electron chi connectivity index (χ2n) is 5.78. The molecule has 0 aliphatic rings. The van der Waals surface area contributed by atoms with Crippen LogP contribution in [-0.2, 0) is 4.79 Å². The number of aromatic nitrogens is 3. The molecule has 0 aliphatic heterocycles. The van der Waals surface area contributed by atoms with E-state index in [1.54, 1.807) is 47.8 Å². The fourth-order valence-electron chi connectivity index (χ4n) is 2.50. The predicted molar refractivity (Wildman–Crippen MR) is 98.1 cm³/mol. The second-order valence-corrected chi connectivity index (χ2v) is 5.78. The van der Waals surface area contributed by atoms with E-state index in [1.165, 1.54) is 0 Å². The largest absolute Gasteiger partial charge is 0.351 e. The minimum atomic E-state index is -0.228. The summed E-state index contributed by atoms with van der Waals surface area (Å²) in [5.41, 5.74) is 2.94. The first-order valence-electron chi connectivity index (χ1n) is 8.20. The number of amides is 2. The van der Waals surface area contributed by atoms with Gasteiger partial charge in [0, 0.05) is 43.4 Å². The van der Waals surface area contributed by atoms with Gasteiger partial charge in [0.1, 0.15) is 0 Å². The molecule has 0 unspecified atom stereocenters. The van der Waals surface area contributed by atoms with Crippen molar-refractivity contribution in [3.63, 3.8) is 0 Å². The molecule has 7 nitrogen and oxygen atoms in total. The number of hydrogen-bond donors (Lipinski definition) is 2. The third-order valence-corrected chi connectivity index (χ3v) is 3.78. The summed E-state index contributed by atoms with van der Waals surface area (Å²) in [5, 5.41) is 5.56. The Bertz CT molecular complexity index is 892. The Morgan fingerprint density at radius 1 is 1.08 bits per heavy atom. The van der Waals surface area contributed by atoms with E-state index in [4.69, 9.17) is 0 Å². The maximum atomic E-state index is 12.6. The highest BCUT2D eigenvalue weighted by atomic mass is 16.2. The molecule has 132 valence electrons. The summed E-state index contributed by atoms with van der Waals surface area (Å²) in [5.74, 6) is -0.398. The number of carbonyl (C=O) groups excluding carboxylic acids is 2. The number of benzene rings is 1. The number of anilines is 1. The molecule has 2 amide bonds. The molecule has 7 heteroatoms. The van der Waals surface area contributed by atoms with Gasteiger partial charge >= 0.3 is 0 Å². The Kier molecular flexibility index (Phi) is 5.38. The molecular formula is C19H19N5O2. The van der Waals surface area contributed by atoms with Crippen molar-refractivity contribution < 1.29 is 9.59 Å². The summed E-state index contributed by atoms with van der Waals surface area (Å²) in [4.78, 5) is 32.4. The van der Waals surface area contributed by atoms with Gasteiger partial charge in [-0.1, -0.05) is 11.6 Å². The topological polar surface area (TPSA) is 88.9 Å². The number of rotatable bonds is 6. The van der Waals surface area contributed by atoms with Crippen LogP contribution in [0.5, 0.6) is 0 Å². The molecule has 0 fully saturated rings. The standard InChI is InChI=1S/C19H19N5O2/c1-14-2-3-17(24-11-10-21-13-24)16(12-14)19(26)22-9-6-18(25)23-15-4-7-20-8-5-15/h2-5,7-8,10-13H,6,9H2,1H3,(H,22,26)(H,20,23,25). The molecule has 3 aromatic rings. The van der Waals surface area contributed by atoms with Crippen LogP contribution in [0.1, 0.15) is 22.3 Å². The van der Waals surface area contributed by atoms with Crippen molar-refractivity contribution in [3.05, 3.63) is 72.6 Å². The first-order chi connectivity index (χ1) is 12.6. The number of pyridine rings is 1. The maximum absolute atomic E-state index is 12.6. The molecule has 2 N–H and O–H groups in total. The Morgan fingerprint density at radius 3 is 2.62 bits per heavy atom. The van der Waals surface area contributed by atoms with Crippen LogP contribution in [0.3, 0.4) is 0 Å². The van der Waals surface area contributed by atoms with Gasteiger partial charge in [-0.25, -0.2) is 4.98 Å². The molecule has 2 heterocycles. The van der Waals surface area contributed by atoms with E-state index in [-0.39, 0.29) is 24.8 Å². The van der Waals surface area contributed by atoms with Gasteiger partial charge in [-0.05, 0) is 31.2 Å². The predicted octanol–water partition coefficient (Wildman–Crippen LogP) is 2.33. The molecule has 0 aliphatic carbocycles. The molecule has 3 rings (SSSR count). The number of nitrogens with one attached hydrogen (secondary N) is 2. The number of imidazole rings is 1. The van der Waals surface area contributed by atoms with Crippen LogP contribution in [-0.4, -0.2) is 32.9 Å². The lowest BCUT2D eigenvalue weighted by Crippen LogP contribution is -2.28. The molecule has 0 radical (unpaired) electrons. The van der Waals surface area contributed by atoms with Crippen LogP contribution >= 0.6 is 0 Å². The Balaban J connectivity index is 1.60. The average molecular weight is 349 g/mol. The van der Waals surface area contributed by atoms with Crippen molar-refractivity contribution in [2.24, 2.45) is 0 Å². The van der Waals surface area contributed by atoms with E-state index in [2.05, 4.69) is 20.6 Å². The quantitative estimate of drug-likeness (QED) is 0.715. The highest BCUT2D eigenvalue weighted by molar-refractivity contribution is 5.98. The van der Waals surface area contributed by atoms with Crippen molar-refractivity contribution in [3.8, 4) is 5.69 Å². The van der Waals surface area contributed by atoms with E-state index >= 15 is 0 Å². The molecule has 26 heavy (non-hydrogen) atoms. The lowest BCUT2D eigenvalue weighted by atomic mass is 10.1. The first kappa shape index (κ1) is 17.3. The first-order valence-corrected chi connectivity index (χ1v) is 8.20. The van der Waals surface area contributed by atoms with Gasteiger partial charge < -0.3 is 15.2 Å². The van der Waals surface area contributed by atoms with Gasteiger partial charge in [0.15, 0.2) is 0 Å². The normalized spacial score (nSPS) is 10.3. The minimum Gasteiger partial charge on any atom is -0.351 e. The van der Waals surface area contributed by atoms with E-state index in [1.807, 2.05) is 25.1 Å². The highest BCUT2D eigenvalue weighted by Crippen LogP contribution is 2.16. The molecular weight excluding hydrogens is 330 g/mol. The lowest BCUT2D eigenvalue weighted by molar-refractivity contribution is -0.116. The Hall–Kier alpha value is -3.48. The van der Waals surface area contributed by atoms with E-state index in [0.717, 1.165) is 11.3 Å². The van der Waals surface area contributed by atoms with Crippen LogP contribution in [0, 0.1) is 6.92 Å². The monoisotopic (exact) mass is 349 g/mol. The van der Waals surface area contributed by atoms with Crippen molar-refractivity contribution in [2.75, 3.05) is 11.9 Å². The van der Waals surface area contributed by atoms with E-state index in [0.29, 0.717) is 11.3 Å². The summed E-state index contributed by atoms with van der Waals surface area (Å²) < 4.78 is 1.78. The maximum Gasteiger partial charge on any atom is 0.253 e. The molecule has 0 spiro atoms. The van der Waals surface area contributed by atoms with E-state index < -0.39 is 0 Å². The zero-order chi connectivity index (χ0) is 18.4. The number of aryl methyl sites for hydroxylation is 1. The second kappa shape index (κ2) is 8.06. The van der Waals surface area contributed by atoms with Crippen molar-refractivity contribution in [1.82, 2.24) is 19.9 Å². The van der Waals surface area contributed by atoms with Gasteiger partial charge in [-0.3, -0.25) is 14.6 Å². The van der Waals surface area contributed by atoms with Gasteiger partial charge in [0.25, 0.3) is 5.91 Å². The number of hydrogen-bond acceptors (Lipinski definition) is 4. The van der Waals surface area contributed by atoms with Crippen LogP contribution in [0.25, 0.3) is 5.69 Å². The van der Waals surface area contributed by atoms with E-state index in [9.17, 15) is 9.59 Å². The summed E-state index contributed by atoms with van der Waals surface area (Å²) in [6, 6.07) is 9.05. The van der Waals surface area contributed by atoms with Gasteiger partial charge in [0.05, 0.1) is 17.6 Å². The highest BCUT2D eigenvalue weighted by Gasteiger charge is 2.13. The van der Waals surface area contributed by atoms with Crippen molar-refractivity contribution >= 4 is 17.5 Å². The fourth-order valence-corrected chi connectivity index (χ4v) is 2.50. The molecule has 0 atom stereocenters. The van der Waals surface area contributed by atoms with Gasteiger partial charge in [0.2, 0.25) is 5.91 Å². The van der Waals surface area contributed by atoms with Gasteiger partial charge in [-0.2, -0.15) is 0 Å². The molecule has 1 aromatic carbocycles. The van der Waals surface area contributed by atoms with Crippen LogP contribution in [0.2, 0.25) is 0 Å². The summed E-state index contributed by atoms with van der Waals surface area (Å²) in [7, 11) is 0. The van der Waals surface area contributed by atoms with Crippen LogP contribution in [0.15, 0.2) is 61.4 Å². The smallest absolute Gasteiger partial charge is 0.253 e. The zero-order valence-electron chi connectivity index (χ0n) is 14.3. The van der Waals surface area contributed by atoms with Gasteiger partial charge in [-0.15, -0.1) is 0 Å². The number of carbonyl (C=O) groups is 2. The third-order valence-electron chi connectivity index (χ3n) is 3.78. The molecule has 2 aromatic heterocycles. The summed E-state index contributed by atoms with van der Waals surface area (Å²) >= 11 is 0. The number of nitrogens with zero attached hydrogens (tertiary/aromatic N) is 3.